The van der Waals surface area contributed by atoms with Crippen molar-refractivity contribution < 1.29 is 9.18 Å². The Kier molecular flexibility index (Phi) is 4.60. The Bertz CT molecular complexity index is 490. The van der Waals surface area contributed by atoms with Crippen molar-refractivity contribution in [2.75, 3.05) is 25.0 Å². The first-order chi connectivity index (χ1) is 9.54. The normalized spacial score (nSPS) is 20.6. The molecule has 2 rings (SSSR count). The molecule has 1 aromatic rings. The van der Waals surface area contributed by atoms with Crippen molar-refractivity contribution in [2.24, 2.45) is 11.7 Å². The number of para-hydroxylation sites is 1. The van der Waals surface area contributed by atoms with Crippen LogP contribution in [0, 0.1) is 11.7 Å². The van der Waals surface area contributed by atoms with E-state index in [1.54, 1.807) is 13.1 Å². The van der Waals surface area contributed by atoms with Gasteiger partial charge in [0.25, 0.3) is 0 Å². The molecule has 1 unspecified atom stereocenters. The minimum atomic E-state index is -0.266. The zero-order valence-electron chi connectivity index (χ0n) is 12.0. The highest BCUT2D eigenvalue weighted by molar-refractivity contribution is 5.79. The third-order valence-electron chi connectivity index (χ3n) is 3.86. The van der Waals surface area contributed by atoms with Crippen molar-refractivity contribution in [2.45, 2.75) is 25.8 Å². The molecular weight excluding hydrogens is 257 g/mol. The van der Waals surface area contributed by atoms with Gasteiger partial charge in [-0.05, 0) is 31.4 Å². The predicted molar refractivity (Wildman–Crippen MR) is 78.0 cm³/mol. The number of nitrogens with one attached hydrogen (secondary N) is 1. The summed E-state index contributed by atoms with van der Waals surface area (Å²) >= 11 is 0. The van der Waals surface area contributed by atoms with Crippen molar-refractivity contribution in [1.82, 2.24) is 5.32 Å². The number of rotatable bonds is 3. The van der Waals surface area contributed by atoms with E-state index in [1.165, 1.54) is 6.07 Å². The van der Waals surface area contributed by atoms with Crippen LogP contribution in [-0.4, -0.2) is 26.0 Å². The SMILES string of the molecule is CNC(=O)C1CCCN(c2c(F)cccc2[C@@H](C)N)C1. The number of carbonyl (C=O) groups excluding carboxylic acids is 1. The summed E-state index contributed by atoms with van der Waals surface area (Å²) in [5.41, 5.74) is 7.28. The van der Waals surface area contributed by atoms with E-state index in [1.807, 2.05) is 17.9 Å². The molecule has 20 heavy (non-hydrogen) atoms. The second-order valence-electron chi connectivity index (χ2n) is 5.37. The molecule has 5 heteroatoms. The Hall–Kier alpha value is -1.62. The molecule has 2 atom stereocenters. The van der Waals surface area contributed by atoms with E-state index in [4.69, 9.17) is 5.73 Å². The van der Waals surface area contributed by atoms with E-state index in [0.717, 1.165) is 24.9 Å². The Balaban J connectivity index is 2.29. The van der Waals surface area contributed by atoms with Crippen LogP contribution in [0.4, 0.5) is 10.1 Å². The monoisotopic (exact) mass is 279 g/mol. The molecule has 1 aliphatic rings. The van der Waals surface area contributed by atoms with Crippen molar-refractivity contribution in [1.29, 1.82) is 0 Å². The van der Waals surface area contributed by atoms with E-state index in [2.05, 4.69) is 5.32 Å². The van der Waals surface area contributed by atoms with Gasteiger partial charge in [0.05, 0.1) is 11.6 Å². The number of piperidine rings is 1. The maximum atomic E-state index is 14.2. The van der Waals surface area contributed by atoms with Crippen LogP contribution in [0.1, 0.15) is 31.4 Å². The fraction of sp³-hybridized carbons (Fsp3) is 0.533. The van der Waals surface area contributed by atoms with Crippen LogP contribution in [-0.2, 0) is 4.79 Å². The summed E-state index contributed by atoms with van der Waals surface area (Å²) in [5, 5.41) is 2.67. The summed E-state index contributed by atoms with van der Waals surface area (Å²) in [4.78, 5) is 13.7. The molecule has 0 radical (unpaired) electrons. The fourth-order valence-electron chi connectivity index (χ4n) is 2.83. The van der Waals surface area contributed by atoms with Crippen molar-refractivity contribution >= 4 is 11.6 Å². The molecule has 0 saturated carbocycles. The summed E-state index contributed by atoms with van der Waals surface area (Å²) in [5.74, 6) is -0.333. The molecule has 0 bridgehead atoms. The van der Waals surface area contributed by atoms with E-state index in [-0.39, 0.29) is 23.7 Å². The summed E-state index contributed by atoms with van der Waals surface area (Å²) in [6, 6.07) is 4.75. The van der Waals surface area contributed by atoms with E-state index in [9.17, 15) is 9.18 Å². The van der Waals surface area contributed by atoms with Crippen molar-refractivity contribution in [3.05, 3.63) is 29.6 Å². The van der Waals surface area contributed by atoms with Gasteiger partial charge in [-0.1, -0.05) is 12.1 Å². The van der Waals surface area contributed by atoms with Crippen LogP contribution in [0.3, 0.4) is 0 Å². The molecule has 3 N–H and O–H groups in total. The quantitative estimate of drug-likeness (QED) is 0.887. The van der Waals surface area contributed by atoms with Gasteiger partial charge in [-0.15, -0.1) is 0 Å². The molecule has 1 heterocycles. The van der Waals surface area contributed by atoms with Crippen LogP contribution in [0.2, 0.25) is 0 Å². The highest BCUT2D eigenvalue weighted by Gasteiger charge is 2.28. The number of hydrogen-bond donors (Lipinski definition) is 2. The molecule has 1 aliphatic heterocycles. The summed E-state index contributed by atoms with van der Waals surface area (Å²) in [6.45, 7) is 3.15. The third-order valence-corrected chi connectivity index (χ3v) is 3.86. The van der Waals surface area contributed by atoms with Gasteiger partial charge < -0.3 is 16.0 Å². The Labute approximate surface area is 119 Å². The van der Waals surface area contributed by atoms with Gasteiger partial charge in [-0.25, -0.2) is 4.39 Å². The highest BCUT2D eigenvalue weighted by atomic mass is 19.1. The summed E-state index contributed by atoms with van der Waals surface area (Å²) in [6.07, 6.45) is 1.73. The molecule has 1 aromatic carbocycles. The smallest absolute Gasteiger partial charge is 0.224 e. The first-order valence-electron chi connectivity index (χ1n) is 7.05. The first kappa shape index (κ1) is 14.8. The highest BCUT2D eigenvalue weighted by Crippen LogP contribution is 2.31. The molecule has 110 valence electrons. The van der Waals surface area contributed by atoms with Gasteiger partial charge in [0, 0.05) is 26.2 Å². The number of amides is 1. The van der Waals surface area contributed by atoms with Gasteiger partial charge in [-0.3, -0.25) is 4.79 Å². The minimum Gasteiger partial charge on any atom is -0.368 e. The second-order valence-corrected chi connectivity index (χ2v) is 5.37. The Morgan fingerprint density at radius 3 is 2.95 bits per heavy atom. The van der Waals surface area contributed by atoms with Gasteiger partial charge in [-0.2, -0.15) is 0 Å². The maximum Gasteiger partial charge on any atom is 0.224 e. The second kappa shape index (κ2) is 6.22. The van der Waals surface area contributed by atoms with Crippen LogP contribution < -0.4 is 16.0 Å². The molecule has 0 aliphatic carbocycles. The molecule has 0 spiro atoms. The lowest BCUT2D eigenvalue weighted by atomic mass is 9.95. The lowest BCUT2D eigenvalue weighted by Crippen LogP contribution is -2.43. The average Bonchev–Trinajstić information content (AvgIpc) is 2.46. The summed E-state index contributed by atoms with van der Waals surface area (Å²) in [7, 11) is 1.64. The first-order valence-corrected chi connectivity index (χ1v) is 7.05. The molecule has 1 amide bonds. The molecule has 1 fully saturated rings. The van der Waals surface area contributed by atoms with E-state index >= 15 is 0 Å². The van der Waals surface area contributed by atoms with Gasteiger partial charge in [0.2, 0.25) is 5.91 Å². The number of halogens is 1. The Morgan fingerprint density at radius 1 is 1.55 bits per heavy atom. The number of carbonyl (C=O) groups is 1. The van der Waals surface area contributed by atoms with Crippen molar-refractivity contribution in [3.8, 4) is 0 Å². The lowest BCUT2D eigenvalue weighted by Gasteiger charge is -2.35. The third kappa shape index (κ3) is 2.93. The van der Waals surface area contributed by atoms with Crippen LogP contribution in [0.25, 0.3) is 0 Å². The summed E-state index contributed by atoms with van der Waals surface area (Å²) < 4.78 is 14.2. The standard InChI is InChI=1S/C15H22FN3O/c1-10(17)12-6-3-7-13(16)14(12)19-8-4-5-11(9-19)15(20)18-2/h3,6-7,10-11H,4-5,8-9,17H2,1-2H3,(H,18,20)/t10-,11?/m1/s1. The van der Waals surface area contributed by atoms with Gasteiger partial charge in [0.15, 0.2) is 0 Å². The molecule has 0 aromatic heterocycles. The number of anilines is 1. The fourth-order valence-corrected chi connectivity index (χ4v) is 2.83. The minimum absolute atomic E-state index is 0.0217. The molecule has 4 nitrogen and oxygen atoms in total. The van der Waals surface area contributed by atoms with Gasteiger partial charge >= 0.3 is 0 Å². The average molecular weight is 279 g/mol. The van der Waals surface area contributed by atoms with Gasteiger partial charge in [0.1, 0.15) is 5.82 Å². The lowest BCUT2D eigenvalue weighted by molar-refractivity contribution is -0.124. The van der Waals surface area contributed by atoms with Crippen molar-refractivity contribution in [3.63, 3.8) is 0 Å². The number of nitrogens with two attached hydrogens (primary N) is 1. The largest absolute Gasteiger partial charge is 0.368 e. The predicted octanol–water partition coefficient (Wildman–Crippen LogP) is 1.81. The number of nitrogens with zero attached hydrogens (tertiary/aromatic N) is 1. The molecular formula is C15H22FN3O. The molecule has 1 saturated heterocycles. The van der Waals surface area contributed by atoms with Crippen LogP contribution >= 0.6 is 0 Å². The topological polar surface area (TPSA) is 58.4 Å². The van der Waals surface area contributed by atoms with Crippen LogP contribution in [0.5, 0.6) is 0 Å². The Morgan fingerprint density at radius 2 is 2.30 bits per heavy atom. The van der Waals surface area contributed by atoms with Crippen LogP contribution in [0.15, 0.2) is 18.2 Å². The van der Waals surface area contributed by atoms with E-state index < -0.39 is 0 Å². The number of hydrogen-bond acceptors (Lipinski definition) is 3. The number of benzene rings is 1. The maximum absolute atomic E-state index is 14.2. The zero-order chi connectivity index (χ0) is 14.7. The van der Waals surface area contributed by atoms with E-state index in [0.29, 0.717) is 12.2 Å². The zero-order valence-corrected chi connectivity index (χ0v) is 12.0.